The number of ether oxygens (including phenoxy) is 1. The summed E-state index contributed by atoms with van der Waals surface area (Å²) in [7, 11) is -1.06. The van der Waals surface area contributed by atoms with E-state index < -0.39 is 14.2 Å². The van der Waals surface area contributed by atoms with Crippen LogP contribution in [0.15, 0.2) is 42.6 Å². The van der Waals surface area contributed by atoms with Crippen molar-refractivity contribution in [3.8, 4) is 0 Å². The first-order valence-electron chi connectivity index (χ1n) is 7.85. The van der Waals surface area contributed by atoms with Crippen LogP contribution in [0.5, 0.6) is 0 Å². The number of nitrogens with zero attached hydrogens (tertiary/aromatic N) is 1. The van der Waals surface area contributed by atoms with Crippen LogP contribution in [0.3, 0.4) is 0 Å². The average molecular weight is 318 g/mol. The van der Waals surface area contributed by atoms with Crippen LogP contribution in [-0.4, -0.2) is 24.4 Å². The summed E-state index contributed by atoms with van der Waals surface area (Å²) in [5.41, 5.74) is 2.91. The second kappa shape index (κ2) is 7.27. The first-order chi connectivity index (χ1) is 10.4. The number of aryl methyl sites for hydroxylation is 1. The Morgan fingerprint density at radius 1 is 1.14 bits per heavy atom. The predicted octanol–water partition coefficient (Wildman–Crippen LogP) is 4.19. The minimum Gasteiger partial charge on any atom is -0.382 e. The molecular weight excluding hydrogens is 290 g/mol. The second-order valence-corrected chi connectivity index (χ2v) is 12.6. The number of hydrogen-bond donors (Lipinski definition) is 1. The zero-order chi connectivity index (χ0) is 16.2. The smallest absolute Gasteiger partial charge is 0.122 e. The maximum Gasteiger partial charge on any atom is 0.122 e. The molecule has 22 heavy (non-hydrogen) atoms. The van der Waals surface area contributed by atoms with Gasteiger partial charge in [-0.05, 0) is 30.2 Å². The molecule has 0 radical (unpaired) electrons. The topological polar surface area (TPSA) is 34.4 Å². The fraction of sp³-hybridized carbons (Fsp3) is 0.444. The molecule has 1 unspecified atom stereocenters. The quantitative estimate of drug-likeness (QED) is 0.614. The summed E-state index contributed by atoms with van der Waals surface area (Å²) in [6, 6.07) is 13.0. The summed E-state index contributed by atoms with van der Waals surface area (Å²) in [4.78, 5) is 0. The van der Waals surface area contributed by atoms with Gasteiger partial charge in [-0.25, -0.2) is 0 Å². The van der Waals surface area contributed by atoms with Gasteiger partial charge in [0.1, 0.15) is 12.8 Å². The Labute approximate surface area is 134 Å². The number of aliphatic hydroxyl groups excluding tert-OH is 1. The van der Waals surface area contributed by atoms with E-state index in [9.17, 15) is 5.11 Å². The van der Waals surface area contributed by atoms with Crippen molar-refractivity contribution in [3.05, 3.63) is 59.4 Å². The molecule has 0 aliphatic rings. The summed E-state index contributed by atoms with van der Waals surface area (Å²) < 4.78 is 7.83. The summed E-state index contributed by atoms with van der Waals surface area (Å²) in [5.74, 6) is 0. The highest BCUT2D eigenvalue weighted by Gasteiger charge is 2.18. The lowest BCUT2D eigenvalue weighted by molar-refractivity contribution is 0.0796. The maximum atomic E-state index is 10.7. The number of hydrogen-bond acceptors (Lipinski definition) is 2. The minimum absolute atomic E-state index is 0.498. The van der Waals surface area contributed by atoms with Gasteiger partial charge in [0.25, 0.3) is 0 Å². The van der Waals surface area contributed by atoms with Gasteiger partial charge in [-0.1, -0.05) is 50.0 Å². The highest BCUT2D eigenvalue weighted by atomic mass is 28.3. The van der Waals surface area contributed by atoms with Crippen molar-refractivity contribution in [1.29, 1.82) is 0 Å². The molecule has 1 aromatic carbocycles. The first kappa shape index (κ1) is 17.0. The SMILES string of the molecule is Cc1ccn(COCC[Si](C)(C)C)c1C(O)c1ccccc1. The van der Waals surface area contributed by atoms with Crippen LogP contribution in [0.25, 0.3) is 0 Å². The van der Waals surface area contributed by atoms with Gasteiger partial charge in [0.15, 0.2) is 0 Å². The third-order valence-corrected chi connectivity index (χ3v) is 5.52. The third-order valence-electron chi connectivity index (χ3n) is 3.82. The molecule has 0 aliphatic heterocycles. The van der Waals surface area contributed by atoms with E-state index in [-0.39, 0.29) is 0 Å². The number of benzene rings is 1. The van der Waals surface area contributed by atoms with Crippen LogP contribution in [0, 0.1) is 6.92 Å². The van der Waals surface area contributed by atoms with Gasteiger partial charge in [0.2, 0.25) is 0 Å². The van der Waals surface area contributed by atoms with Crippen LogP contribution < -0.4 is 0 Å². The van der Waals surface area contributed by atoms with Gasteiger partial charge in [0, 0.05) is 20.9 Å². The summed E-state index contributed by atoms with van der Waals surface area (Å²) in [5, 5.41) is 10.7. The Balaban J connectivity index is 2.05. The van der Waals surface area contributed by atoms with Crippen molar-refractivity contribution < 1.29 is 9.84 Å². The largest absolute Gasteiger partial charge is 0.382 e. The Kier molecular flexibility index (Phi) is 5.61. The molecular formula is C18H27NO2Si. The Bertz CT molecular complexity index is 587. The lowest BCUT2D eigenvalue weighted by Crippen LogP contribution is -2.22. The molecule has 2 aromatic rings. The fourth-order valence-electron chi connectivity index (χ4n) is 2.41. The average Bonchev–Trinajstić information content (AvgIpc) is 2.84. The van der Waals surface area contributed by atoms with Crippen molar-refractivity contribution in [3.63, 3.8) is 0 Å². The molecule has 1 aromatic heterocycles. The Hall–Kier alpha value is -1.36. The van der Waals surface area contributed by atoms with Crippen molar-refractivity contribution in [2.75, 3.05) is 6.61 Å². The molecule has 0 bridgehead atoms. The van der Waals surface area contributed by atoms with Gasteiger partial charge < -0.3 is 14.4 Å². The molecule has 1 atom stereocenters. The summed E-state index contributed by atoms with van der Waals surface area (Å²) in [6.45, 7) is 10.4. The van der Waals surface area contributed by atoms with Crippen molar-refractivity contribution in [1.82, 2.24) is 4.57 Å². The second-order valence-electron chi connectivity index (χ2n) is 7.02. The summed E-state index contributed by atoms with van der Waals surface area (Å²) >= 11 is 0. The molecule has 120 valence electrons. The van der Waals surface area contributed by atoms with Gasteiger partial charge in [0.05, 0.1) is 5.69 Å². The van der Waals surface area contributed by atoms with Crippen molar-refractivity contribution >= 4 is 8.07 Å². The highest BCUT2D eigenvalue weighted by molar-refractivity contribution is 6.76. The van der Waals surface area contributed by atoms with E-state index >= 15 is 0 Å². The van der Waals surface area contributed by atoms with E-state index in [2.05, 4.69) is 19.6 Å². The molecule has 0 aliphatic carbocycles. The number of aromatic nitrogens is 1. The molecule has 0 fully saturated rings. The standard InChI is InChI=1S/C18H27NO2Si/c1-15-10-11-19(14-21-12-13-22(2,3)4)17(15)18(20)16-8-6-5-7-9-16/h5-11,18,20H,12-14H2,1-4H3. The van der Waals surface area contributed by atoms with Gasteiger partial charge >= 0.3 is 0 Å². The van der Waals surface area contributed by atoms with Crippen molar-refractivity contribution in [2.45, 2.75) is 45.4 Å². The fourth-order valence-corrected chi connectivity index (χ4v) is 3.17. The molecule has 1 N–H and O–H groups in total. The highest BCUT2D eigenvalue weighted by Crippen LogP contribution is 2.25. The predicted molar refractivity (Wildman–Crippen MR) is 93.8 cm³/mol. The molecule has 4 heteroatoms. The minimum atomic E-state index is -1.06. The molecule has 2 rings (SSSR count). The zero-order valence-electron chi connectivity index (χ0n) is 14.0. The first-order valence-corrected chi connectivity index (χ1v) is 11.6. The molecule has 0 saturated carbocycles. The van der Waals surface area contributed by atoms with Gasteiger partial charge in [-0.3, -0.25) is 0 Å². The molecule has 3 nitrogen and oxygen atoms in total. The number of aliphatic hydroxyl groups is 1. The van der Waals surface area contributed by atoms with E-state index in [0.29, 0.717) is 6.73 Å². The van der Waals surface area contributed by atoms with E-state index in [1.165, 1.54) is 0 Å². The van der Waals surface area contributed by atoms with E-state index in [4.69, 9.17) is 4.74 Å². The van der Waals surface area contributed by atoms with Crippen molar-refractivity contribution in [2.24, 2.45) is 0 Å². The third kappa shape index (κ3) is 4.56. The van der Waals surface area contributed by atoms with Crippen LogP contribution in [0.4, 0.5) is 0 Å². The molecule has 1 heterocycles. The molecule has 0 saturated heterocycles. The summed E-state index contributed by atoms with van der Waals surface area (Å²) in [6.07, 6.45) is 1.38. The zero-order valence-corrected chi connectivity index (χ0v) is 15.0. The van der Waals surface area contributed by atoms with E-state index in [0.717, 1.165) is 29.5 Å². The maximum absolute atomic E-state index is 10.7. The van der Waals surface area contributed by atoms with E-state index in [1.807, 2.05) is 54.1 Å². The van der Waals surface area contributed by atoms with E-state index in [1.54, 1.807) is 0 Å². The normalized spacial score (nSPS) is 13.3. The van der Waals surface area contributed by atoms with Gasteiger partial charge in [-0.15, -0.1) is 0 Å². The van der Waals surface area contributed by atoms with Gasteiger partial charge in [-0.2, -0.15) is 0 Å². The Morgan fingerprint density at radius 2 is 1.82 bits per heavy atom. The van der Waals surface area contributed by atoms with Crippen LogP contribution in [0.2, 0.25) is 25.7 Å². The van der Waals surface area contributed by atoms with Crippen LogP contribution in [0.1, 0.15) is 22.9 Å². The molecule has 0 amide bonds. The lowest BCUT2D eigenvalue weighted by atomic mass is 10.0. The monoisotopic (exact) mass is 317 g/mol. The van der Waals surface area contributed by atoms with Crippen LogP contribution >= 0.6 is 0 Å². The lowest BCUT2D eigenvalue weighted by Gasteiger charge is -2.18. The van der Waals surface area contributed by atoms with Crippen LogP contribution in [-0.2, 0) is 11.5 Å². The molecule has 0 spiro atoms. The Morgan fingerprint density at radius 3 is 2.45 bits per heavy atom. The number of rotatable bonds is 7.